The molecule has 0 amide bonds. The SMILES string of the molecule is CN1CCC(n2c(=O)oc3cc4ncnc(Nc5ccc(F)c(Cl)c5)c4cc32)CC1. The van der Waals surface area contributed by atoms with Crippen molar-refractivity contribution in [3.8, 4) is 0 Å². The lowest BCUT2D eigenvalue weighted by Gasteiger charge is -2.29. The average molecular weight is 428 g/mol. The van der Waals surface area contributed by atoms with Crippen molar-refractivity contribution in [1.29, 1.82) is 0 Å². The zero-order chi connectivity index (χ0) is 20.8. The molecule has 30 heavy (non-hydrogen) atoms. The summed E-state index contributed by atoms with van der Waals surface area (Å²) >= 11 is 5.89. The van der Waals surface area contributed by atoms with Gasteiger partial charge in [0, 0.05) is 23.2 Å². The van der Waals surface area contributed by atoms with E-state index >= 15 is 0 Å². The normalized spacial score (nSPS) is 15.8. The van der Waals surface area contributed by atoms with Crippen LogP contribution in [0.15, 0.2) is 45.9 Å². The third-order valence-corrected chi connectivity index (χ3v) is 5.89. The Morgan fingerprint density at radius 2 is 2.00 bits per heavy atom. The third kappa shape index (κ3) is 3.32. The molecule has 0 bridgehead atoms. The van der Waals surface area contributed by atoms with E-state index < -0.39 is 5.82 Å². The number of piperidine rings is 1. The standard InChI is InChI=1S/C21H19ClFN5O2/c1-27-6-4-13(5-7-27)28-18-9-14-17(10-19(18)30-21(28)29)24-11-25-20(14)26-12-2-3-16(23)15(22)8-12/h2-3,8-11,13H,4-7H2,1H3,(H,24,25,26). The highest BCUT2D eigenvalue weighted by Gasteiger charge is 2.24. The molecule has 0 unspecified atom stereocenters. The van der Waals surface area contributed by atoms with Crippen LogP contribution in [-0.4, -0.2) is 39.6 Å². The zero-order valence-electron chi connectivity index (χ0n) is 16.2. The molecule has 2 aromatic carbocycles. The number of nitrogens with zero attached hydrogens (tertiary/aromatic N) is 4. The number of benzene rings is 2. The summed E-state index contributed by atoms with van der Waals surface area (Å²) in [5, 5.41) is 3.91. The number of oxazole rings is 1. The lowest BCUT2D eigenvalue weighted by molar-refractivity contribution is 0.217. The molecule has 4 aromatic rings. The van der Waals surface area contributed by atoms with Gasteiger partial charge in [0.25, 0.3) is 0 Å². The summed E-state index contributed by atoms with van der Waals surface area (Å²) in [4.78, 5) is 23.5. The smallest absolute Gasteiger partial charge is 0.408 e. The van der Waals surface area contributed by atoms with Gasteiger partial charge in [-0.2, -0.15) is 0 Å². The summed E-state index contributed by atoms with van der Waals surface area (Å²) < 4.78 is 20.8. The zero-order valence-corrected chi connectivity index (χ0v) is 17.0. The second kappa shape index (κ2) is 7.37. The van der Waals surface area contributed by atoms with Gasteiger partial charge in [0.05, 0.1) is 16.1 Å². The van der Waals surface area contributed by atoms with Crippen molar-refractivity contribution >= 4 is 45.1 Å². The molecule has 154 valence electrons. The first-order valence-electron chi connectivity index (χ1n) is 9.70. The number of anilines is 2. The lowest BCUT2D eigenvalue weighted by atomic mass is 10.0. The fourth-order valence-corrected chi connectivity index (χ4v) is 4.17. The molecule has 7 nitrogen and oxygen atoms in total. The minimum absolute atomic E-state index is 0.0201. The maximum atomic E-state index is 13.5. The quantitative estimate of drug-likeness (QED) is 0.524. The second-order valence-electron chi connectivity index (χ2n) is 7.59. The summed E-state index contributed by atoms with van der Waals surface area (Å²) in [7, 11) is 2.08. The Bertz CT molecular complexity index is 1310. The number of aromatic nitrogens is 3. The Hall–Kier alpha value is -2.97. The molecule has 1 saturated heterocycles. The van der Waals surface area contributed by atoms with Gasteiger partial charge in [-0.15, -0.1) is 0 Å². The molecule has 1 aliphatic heterocycles. The van der Waals surface area contributed by atoms with Crippen molar-refractivity contribution in [2.45, 2.75) is 18.9 Å². The predicted molar refractivity (Wildman–Crippen MR) is 114 cm³/mol. The van der Waals surface area contributed by atoms with Gasteiger partial charge in [-0.05, 0) is 57.2 Å². The molecule has 3 heterocycles. The van der Waals surface area contributed by atoms with Crippen molar-refractivity contribution in [2.75, 3.05) is 25.5 Å². The van der Waals surface area contributed by atoms with Crippen LogP contribution in [0.25, 0.3) is 22.0 Å². The minimum Gasteiger partial charge on any atom is -0.408 e. The molecule has 2 aromatic heterocycles. The van der Waals surface area contributed by atoms with Crippen LogP contribution < -0.4 is 11.1 Å². The van der Waals surface area contributed by atoms with Crippen LogP contribution in [0.4, 0.5) is 15.9 Å². The number of hydrogen-bond donors (Lipinski definition) is 1. The van der Waals surface area contributed by atoms with Gasteiger partial charge in [0.1, 0.15) is 18.0 Å². The molecule has 5 rings (SSSR count). The van der Waals surface area contributed by atoms with Crippen molar-refractivity contribution in [3.05, 3.63) is 58.0 Å². The molecule has 0 saturated carbocycles. The molecular weight excluding hydrogens is 409 g/mol. The Labute approximate surface area is 176 Å². The van der Waals surface area contributed by atoms with Crippen molar-refractivity contribution in [2.24, 2.45) is 0 Å². The molecule has 0 spiro atoms. The summed E-state index contributed by atoms with van der Waals surface area (Å²) in [6.07, 6.45) is 3.19. The van der Waals surface area contributed by atoms with E-state index in [1.54, 1.807) is 16.7 Å². The van der Waals surface area contributed by atoms with E-state index in [2.05, 4.69) is 27.2 Å². The van der Waals surface area contributed by atoms with Crippen LogP contribution in [0.2, 0.25) is 5.02 Å². The molecule has 0 radical (unpaired) electrons. The number of nitrogens with one attached hydrogen (secondary N) is 1. The Balaban J connectivity index is 1.62. The van der Waals surface area contributed by atoms with Crippen LogP contribution >= 0.6 is 11.6 Å². The van der Waals surface area contributed by atoms with Gasteiger partial charge >= 0.3 is 5.76 Å². The monoisotopic (exact) mass is 427 g/mol. The van der Waals surface area contributed by atoms with Gasteiger partial charge in [0.15, 0.2) is 5.58 Å². The molecule has 1 fully saturated rings. The largest absolute Gasteiger partial charge is 0.420 e. The lowest BCUT2D eigenvalue weighted by Crippen LogP contribution is -2.34. The third-order valence-electron chi connectivity index (χ3n) is 5.61. The molecule has 1 N–H and O–H groups in total. The van der Waals surface area contributed by atoms with Crippen LogP contribution in [0.3, 0.4) is 0 Å². The first-order chi connectivity index (χ1) is 14.5. The van der Waals surface area contributed by atoms with Gasteiger partial charge in [-0.3, -0.25) is 4.57 Å². The van der Waals surface area contributed by atoms with Gasteiger partial charge in [-0.25, -0.2) is 19.2 Å². The number of halogens is 2. The van der Waals surface area contributed by atoms with E-state index in [0.29, 0.717) is 22.6 Å². The highest BCUT2D eigenvalue weighted by Crippen LogP contribution is 2.31. The Morgan fingerprint density at radius 3 is 2.77 bits per heavy atom. The van der Waals surface area contributed by atoms with E-state index in [1.807, 2.05) is 6.07 Å². The van der Waals surface area contributed by atoms with Crippen LogP contribution in [-0.2, 0) is 0 Å². The first-order valence-corrected chi connectivity index (χ1v) is 10.1. The van der Waals surface area contributed by atoms with Gasteiger partial charge in [0.2, 0.25) is 0 Å². The summed E-state index contributed by atoms with van der Waals surface area (Å²) in [6.45, 7) is 1.86. The van der Waals surface area contributed by atoms with Gasteiger partial charge in [-0.1, -0.05) is 11.6 Å². The minimum atomic E-state index is -0.489. The van der Waals surface area contributed by atoms with Crippen molar-refractivity contribution < 1.29 is 8.81 Å². The number of rotatable bonds is 3. The summed E-state index contributed by atoms with van der Waals surface area (Å²) in [5.41, 5.74) is 2.46. The average Bonchev–Trinajstić information content (AvgIpc) is 3.05. The predicted octanol–water partition coefficient (Wildman–Crippen LogP) is 4.34. The van der Waals surface area contributed by atoms with Crippen LogP contribution in [0.1, 0.15) is 18.9 Å². The van der Waals surface area contributed by atoms with Gasteiger partial charge < -0.3 is 14.6 Å². The molecular formula is C21H19ClFN5O2. The van der Waals surface area contributed by atoms with Crippen molar-refractivity contribution in [3.63, 3.8) is 0 Å². The van der Waals surface area contributed by atoms with Crippen molar-refractivity contribution in [1.82, 2.24) is 19.4 Å². The second-order valence-corrected chi connectivity index (χ2v) is 7.99. The fraction of sp³-hybridized carbons (Fsp3) is 0.286. The highest BCUT2D eigenvalue weighted by molar-refractivity contribution is 6.31. The van der Waals surface area contributed by atoms with Crippen LogP contribution in [0, 0.1) is 5.82 Å². The summed E-state index contributed by atoms with van der Waals surface area (Å²) in [5.74, 6) is -0.312. The number of fused-ring (bicyclic) bond motifs is 2. The Morgan fingerprint density at radius 1 is 1.20 bits per heavy atom. The highest BCUT2D eigenvalue weighted by atomic mass is 35.5. The first kappa shape index (κ1) is 19.0. The van der Waals surface area contributed by atoms with E-state index in [4.69, 9.17) is 16.0 Å². The maximum Gasteiger partial charge on any atom is 0.420 e. The molecule has 9 heteroatoms. The maximum absolute atomic E-state index is 13.5. The molecule has 1 aliphatic rings. The topological polar surface area (TPSA) is 76.2 Å². The van der Waals surface area contributed by atoms with E-state index in [1.165, 1.54) is 18.5 Å². The molecule has 0 aliphatic carbocycles. The number of likely N-dealkylation sites (tertiary alicyclic amines) is 1. The number of hydrogen-bond acceptors (Lipinski definition) is 6. The van der Waals surface area contributed by atoms with E-state index in [9.17, 15) is 9.18 Å². The summed E-state index contributed by atoms with van der Waals surface area (Å²) in [6, 6.07) is 8.09. The molecule has 0 atom stereocenters. The van der Waals surface area contributed by atoms with E-state index in [0.717, 1.165) is 36.8 Å². The fourth-order valence-electron chi connectivity index (χ4n) is 3.99. The Kier molecular flexibility index (Phi) is 4.67. The van der Waals surface area contributed by atoms with E-state index in [-0.39, 0.29) is 16.8 Å². The van der Waals surface area contributed by atoms with Crippen LogP contribution in [0.5, 0.6) is 0 Å².